The second-order valence-electron chi connectivity index (χ2n) is 10.8. The Morgan fingerprint density at radius 3 is 2.70 bits per heavy atom. The van der Waals surface area contributed by atoms with Crippen LogP contribution in [0.5, 0.6) is 5.88 Å². The highest BCUT2D eigenvalue weighted by atomic mass is 79.9. The molecular formula is C29H32BrFN4O5. The van der Waals surface area contributed by atoms with Crippen LogP contribution in [0.4, 0.5) is 14.9 Å². The van der Waals surface area contributed by atoms with E-state index in [4.69, 9.17) is 19.5 Å². The van der Waals surface area contributed by atoms with Gasteiger partial charge in [-0.15, -0.1) is 0 Å². The first kappa shape index (κ1) is 29.4. The number of amides is 1. The van der Waals surface area contributed by atoms with E-state index in [2.05, 4.69) is 44.1 Å². The number of anilines is 1. The maximum absolute atomic E-state index is 15.6. The predicted molar refractivity (Wildman–Crippen MR) is 150 cm³/mol. The number of carbonyl (C=O) groups excluding carboxylic acids is 2. The lowest BCUT2D eigenvalue weighted by atomic mass is 9.79. The van der Waals surface area contributed by atoms with Gasteiger partial charge in [0.1, 0.15) is 16.7 Å². The molecule has 1 N–H and O–H groups in total. The molecule has 2 aromatic rings. The SMILES string of the molecule is COC(=O)CCC#Cc1c(OC)nc2c(F)c(Br)c(CCC#N)cc2c1N[C@H]1[C@@H]2C[C@H]1N(C(=O)OC(C)(C)C)C2. The van der Waals surface area contributed by atoms with Gasteiger partial charge in [0.15, 0.2) is 5.82 Å². The molecule has 3 atom stereocenters. The van der Waals surface area contributed by atoms with Crippen LogP contribution in [0.25, 0.3) is 10.9 Å². The van der Waals surface area contributed by atoms with Crippen molar-refractivity contribution in [3.8, 4) is 23.8 Å². The van der Waals surface area contributed by atoms with Crippen LogP contribution in [0.2, 0.25) is 0 Å². The van der Waals surface area contributed by atoms with Crippen LogP contribution < -0.4 is 10.1 Å². The molecule has 212 valence electrons. The molecule has 1 saturated carbocycles. The second kappa shape index (κ2) is 11.9. The maximum Gasteiger partial charge on any atom is 0.410 e. The zero-order chi connectivity index (χ0) is 29.2. The monoisotopic (exact) mass is 614 g/mol. The molecule has 40 heavy (non-hydrogen) atoms. The van der Waals surface area contributed by atoms with Gasteiger partial charge >= 0.3 is 12.1 Å². The zero-order valence-electron chi connectivity index (χ0n) is 23.2. The lowest BCUT2D eigenvalue weighted by Crippen LogP contribution is -2.50. The van der Waals surface area contributed by atoms with Crippen LogP contribution in [-0.4, -0.2) is 60.4 Å². The molecule has 2 saturated heterocycles. The topological polar surface area (TPSA) is 114 Å². The van der Waals surface area contributed by atoms with Gasteiger partial charge in [-0.2, -0.15) is 5.26 Å². The molecule has 11 heteroatoms. The highest BCUT2D eigenvalue weighted by Crippen LogP contribution is 2.46. The lowest BCUT2D eigenvalue weighted by molar-refractivity contribution is -0.140. The van der Waals surface area contributed by atoms with E-state index in [-0.39, 0.29) is 65.2 Å². The molecule has 9 nitrogen and oxygen atoms in total. The van der Waals surface area contributed by atoms with E-state index >= 15 is 4.39 Å². The molecule has 0 unspecified atom stereocenters. The largest absolute Gasteiger partial charge is 0.480 e. The van der Waals surface area contributed by atoms with Crippen molar-refractivity contribution in [2.75, 3.05) is 26.1 Å². The molecule has 1 aliphatic carbocycles. The summed E-state index contributed by atoms with van der Waals surface area (Å²) < 4.78 is 31.7. The van der Waals surface area contributed by atoms with Gasteiger partial charge in [0.25, 0.3) is 0 Å². The fourth-order valence-corrected chi connectivity index (χ4v) is 5.60. The number of aromatic nitrogens is 1. The van der Waals surface area contributed by atoms with Gasteiger partial charge in [0.2, 0.25) is 5.88 Å². The summed E-state index contributed by atoms with van der Waals surface area (Å²) in [6.45, 7) is 6.04. The average molecular weight is 616 g/mol. The summed E-state index contributed by atoms with van der Waals surface area (Å²) in [6.07, 6.45) is 1.39. The number of nitrogens with one attached hydrogen (secondary N) is 1. The third kappa shape index (κ3) is 5.95. The average Bonchev–Trinajstić information content (AvgIpc) is 3.50. The number of ether oxygens (including phenoxy) is 3. The van der Waals surface area contributed by atoms with Gasteiger partial charge in [-0.1, -0.05) is 11.8 Å². The Labute approximate surface area is 241 Å². The fourth-order valence-electron chi connectivity index (χ4n) is 5.10. The van der Waals surface area contributed by atoms with Crippen LogP contribution >= 0.6 is 15.9 Å². The minimum atomic E-state index is -0.612. The Hall–Kier alpha value is -3.57. The molecule has 2 aliphatic heterocycles. The number of hydrogen-bond donors (Lipinski definition) is 1. The number of methoxy groups -OCH3 is 2. The van der Waals surface area contributed by atoms with E-state index in [1.165, 1.54) is 14.2 Å². The van der Waals surface area contributed by atoms with Crippen LogP contribution in [-0.2, 0) is 20.7 Å². The van der Waals surface area contributed by atoms with Crippen molar-refractivity contribution in [3.63, 3.8) is 0 Å². The number of fused-ring (bicyclic) bond motifs is 2. The number of rotatable bonds is 7. The summed E-state index contributed by atoms with van der Waals surface area (Å²) in [5.74, 6) is 5.41. The first-order valence-electron chi connectivity index (χ1n) is 13.1. The predicted octanol–water partition coefficient (Wildman–Crippen LogP) is 5.33. The molecule has 0 radical (unpaired) electrons. The molecule has 0 spiro atoms. The number of esters is 1. The first-order chi connectivity index (χ1) is 19.0. The Morgan fingerprint density at radius 1 is 1.30 bits per heavy atom. The summed E-state index contributed by atoms with van der Waals surface area (Å²) in [5, 5.41) is 13.2. The van der Waals surface area contributed by atoms with Gasteiger partial charge in [-0.25, -0.2) is 14.2 Å². The van der Waals surface area contributed by atoms with Crippen molar-refractivity contribution in [1.82, 2.24) is 9.88 Å². The molecule has 3 aliphatic rings. The maximum atomic E-state index is 15.6. The number of nitriles is 1. The molecule has 1 amide bonds. The van der Waals surface area contributed by atoms with Crippen molar-refractivity contribution < 1.29 is 28.2 Å². The Kier molecular flexibility index (Phi) is 8.74. The van der Waals surface area contributed by atoms with Gasteiger partial charge in [0, 0.05) is 30.7 Å². The first-order valence-corrected chi connectivity index (χ1v) is 13.9. The summed E-state index contributed by atoms with van der Waals surface area (Å²) in [5.41, 5.74) is 1.05. The third-order valence-electron chi connectivity index (χ3n) is 7.03. The van der Waals surface area contributed by atoms with E-state index in [0.717, 1.165) is 6.42 Å². The van der Waals surface area contributed by atoms with Gasteiger partial charge in [-0.05, 0) is 61.2 Å². The molecule has 2 bridgehead atoms. The number of pyridine rings is 1. The van der Waals surface area contributed by atoms with E-state index in [9.17, 15) is 9.59 Å². The zero-order valence-corrected chi connectivity index (χ0v) is 24.8. The number of aryl methyl sites for hydroxylation is 1. The van der Waals surface area contributed by atoms with E-state index in [0.29, 0.717) is 35.2 Å². The minimum Gasteiger partial charge on any atom is -0.480 e. The molecule has 1 aromatic carbocycles. The van der Waals surface area contributed by atoms with Crippen LogP contribution in [0.15, 0.2) is 10.5 Å². The number of carbonyl (C=O) groups is 2. The summed E-state index contributed by atoms with van der Waals surface area (Å²) in [6, 6.07) is 3.69. The van der Waals surface area contributed by atoms with E-state index in [1.54, 1.807) is 11.0 Å². The molecular weight excluding hydrogens is 583 g/mol. The minimum absolute atomic E-state index is 0.0858. The van der Waals surface area contributed by atoms with Crippen molar-refractivity contribution >= 4 is 44.6 Å². The van der Waals surface area contributed by atoms with Crippen LogP contribution in [0, 0.1) is 34.9 Å². The smallest absolute Gasteiger partial charge is 0.410 e. The molecule has 1 aromatic heterocycles. The Morgan fingerprint density at radius 2 is 2.05 bits per heavy atom. The van der Waals surface area contributed by atoms with Crippen molar-refractivity contribution in [2.45, 2.75) is 70.6 Å². The van der Waals surface area contributed by atoms with E-state index in [1.807, 2.05) is 20.8 Å². The lowest BCUT2D eigenvalue weighted by Gasteiger charge is -2.38. The number of halogens is 2. The molecule has 3 fully saturated rings. The van der Waals surface area contributed by atoms with Crippen LogP contribution in [0.1, 0.15) is 57.6 Å². The summed E-state index contributed by atoms with van der Waals surface area (Å²) in [7, 11) is 2.75. The van der Waals surface area contributed by atoms with E-state index < -0.39 is 11.4 Å². The quantitative estimate of drug-likeness (QED) is 0.329. The standard InChI is InChI=1S/C29H32BrFN4O5/c1-29(2,3)40-28(37)35-15-17-14-20(35)24(17)33-25-18(10-6-7-11-21(36)38-4)27(39-5)34-26-19(25)13-16(9-8-12-32)22(30)23(26)31/h13,17,20,24H,7-9,11,14-15H2,1-5H3,(H,33,34)/t17-,20-,24+/m1/s1. The van der Waals surface area contributed by atoms with Gasteiger partial charge in [0.05, 0.1) is 49.0 Å². The fraction of sp³-hybridized carbons (Fsp3) is 0.517. The van der Waals surface area contributed by atoms with Gasteiger partial charge < -0.3 is 24.4 Å². The van der Waals surface area contributed by atoms with Gasteiger partial charge in [-0.3, -0.25) is 4.79 Å². The third-order valence-corrected chi connectivity index (χ3v) is 7.89. The molecule has 3 heterocycles. The number of benzene rings is 1. The van der Waals surface area contributed by atoms with Crippen molar-refractivity contribution in [3.05, 3.63) is 27.5 Å². The second-order valence-corrected chi connectivity index (χ2v) is 11.6. The van der Waals surface area contributed by atoms with Crippen LogP contribution in [0.3, 0.4) is 0 Å². The highest BCUT2D eigenvalue weighted by Gasteiger charge is 2.55. The molecule has 5 rings (SSSR count). The summed E-state index contributed by atoms with van der Waals surface area (Å²) in [4.78, 5) is 30.6. The van der Waals surface area contributed by atoms with Crippen molar-refractivity contribution in [2.24, 2.45) is 5.92 Å². The normalized spacial score (nSPS) is 19.2. The number of nitrogens with zero attached hydrogens (tertiary/aromatic N) is 3. The number of hydrogen-bond acceptors (Lipinski definition) is 8. The Balaban J connectivity index is 1.78. The summed E-state index contributed by atoms with van der Waals surface area (Å²) >= 11 is 3.33. The highest BCUT2D eigenvalue weighted by molar-refractivity contribution is 9.10. The Bertz CT molecular complexity index is 1440. The van der Waals surface area contributed by atoms with Crippen molar-refractivity contribution in [1.29, 1.82) is 5.26 Å².